The van der Waals surface area contributed by atoms with Gasteiger partial charge in [-0.05, 0) is 25.1 Å². The van der Waals surface area contributed by atoms with E-state index in [1.807, 2.05) is 0 Å². The summed E-state index contributed by atoms with van der Waals surface area (Å²) in [4.78, 5) is 29.4. The summed E-state index contributed by atoms with van der Waals surface area (Å²) in [5.41, 5.74) is -0.130. The lowest BCUT2D eigenvalue weighted by molar-refractivity contribution is 0.0515. The highest BCUT2D eigenvalue weighted by molar-refractivity contribution is 7.99. The molecule has 0 unspecified atom stereocenters. The first-order chi connectivity index (χ1) is 14.5. The molecular weight excluding hydrogens is 419 g/mol. The number of hydrogen-bond acceptors (Lipinski definition) is 6. The van der Waals surface area contributed by atoms with E-state index in [0.29, 0.717) is 0 Å². The van der Waals surface area contributed by atoms with Crippen LogP contribution < -0.4 is 4.74 Å². The summed E-state index contributed by atoms with van der Waals surface area (Å²) in [7, 11) is 0. The lowest BCUT2D eigenvalue weighted by Gasteiger charge is -2.16. The lowest BCUT2D eigenvalue weighted by atomic mass is 10.1. The number of esters is 2. The molecular formula is C21H16F3NO4S. The van der Waals surface area contributed by atoms with Gasteiger partial charge in [0.15, 0.2) is 17.4 Å². The number of carbonyl (C=O) groups excluding carboxylic acids is 2. The van der Waals surface area contributed by atoms with Crippen LogP contribution >= 0.6 is 11.8 Å². The fourth-order valence-electron chi connectivity index (χ4n) is 2.66. The maximum Gasteiger partial charge on any atom is 0.344 e. The zero-order valence-corrected chi connectivity index (χ0v) is 16.6. The molecule has 0 aliphatic heterocycles. The van der Waals surface area contributed by atoms with Crippen molar-refractivity contribution in [2.45, 2.75) is 11.9 Å². The minimum atomic E-state index is -1.21. The number of thioether (sulfide) groups is 1. The number of rotatable bonds is 7. The van der Waals surface area contributed by atoms with E-state index >= 15 is 0 Å². The second-order valence-corrected chi connectivity index (χ2v) is 7.00. The molecule has 0 radical (unpaired) electrons. The van der Waals surface area contributed by atoms with E-state index in [9.17, 15) is 22.8 Å². The Hall–Kier alpha value is -3.07. The molecule has 0 saturated carbocycles. The van der Waals surface area contributed by atoms with Gasteiger partial charge in [0.25, 0.3) is 0 Å². The van der Waals surface area contributed by atoms with E-state index in [2.05, 4.69) is 4.98 Å². The number of alkyl halides is 1. The van der Waals surface area contributed by atoms with Gasteiger partial charge in [0.05, 0.1) is 24.4 Å². The van der Waals surface area contributed by atoms with Crippen LogP contribution in [0.4, 0.5) is 13.2 Å². The Labute approximate surface area is 174 Å². The third kappa shape index (κ3) is 4.56. The van der Waals surface area contributed by atoms with Crippen LogP contribution in [0.25, 0.3) is 10.9 Å². The molecule has 0 saturated heterocycles. The van der Waals surface area contributed by atoms with Crippen LogP contribution in [0.1, 0.15) is 27.6 Å². The fraction of sp³-hybridized carbons (Fsp3) is 0.190. The predicted molar refractivity (Wildman–Crippen MR) is 106 cm³/mol. The largest absolute Gasteiger partial charge is 0.462 e. The Morgan fingerprint density at radius 2 is 1.77 bits per heavy atom. The summed E-state index contributed by atoms with van der Waals surface area (Å²) in [5, 5.41) is -0.105. The molecule has 9 heteroatoms. The summed E-state index contributed by atoms with van der Waals surface area (Å²) < 4.78 is 51.0. The van der Waals surface area contributed by atoms with Crippen molar-refractivity contribution in [3.05, 3.63) is 65.2 Å². The Morgan fingerprint density at radius 3 is 2.43 bits per heavy atom. The first-order valence-electron chi connectivity index (χ1n) is 8.92. The van der Waals surface area contributed by atoms with Gasteiger partial charge in [0.1, 0.15) is 10.6 Å². The maximum absolute atomic E-state index is 14.0. The van der Waals surface area contributed by atoms with Crippen LogP contribution in [0, 0.1) is 11.6 Å². The molecule has 0 fully saturated rings. The normalized spacial score (nSPS) is 10.8. The number of nitrogens with zero attached hydrogens (tertiary/aromatic N) is 1. The third-order valence-corrected chi connectivity index (χ3v) is 4.87. The molecule has 3 aromatic rings. The summed E-state index contributed by atoms with van der Waals surface area (Å²) in [6.45, 7) is 0.864. The average Bonchev–Trinajstić information content (AvgIpc) is 2.74. The maximum atomic E-state index is 14.0. The van der Waals surface area contributed by atoms with Crippen molar-refractivity contribution in [1.82, 2.24) is 4.98 Å². The van der Waals surface area contributed by atoms with Crippen LogP contribution in [0.3, 0.4) is 0 Å². The number of fused-ring (bicyclic) bond motifs is 1. The van der Waals surface area contributed by atoms with Crippen molar-refractivity contribution in [2.24, 2.45) is 0 Å². The van der Waals surface area contributed by atoms with Crippen LogP contribution in [-0.4, -0.2) is 36.0 Å². The highest BCUT2D eigenvalue weighted by atomic mass is 32.2. The quantitative estimate of drug-likeness (QED) is 0.386. The minimum Gasteiger partial charge on any atom is -0.462 e. The van der Waals surface area contributed by atoms with E-state index in [0.717, 1.165) is 23.9 Å². The smallest absolute Gasteiger partial charge is 0.344 e. The standard InChI is InChI=1S/C21H16F3NO4S/c1-2-28-21(27)17-18(29-20(26)12-6-4-3-5-7-12)13-10-14(23)15(24)11-16(13)25-19(17)30-9-8-22/h3-7,10-11H,2,8-9H2,1H3. The van der Waals surface area contributed by atoms with Crippen molar-refractivity contribution < 1.29 is 32.2 Å². The lowest BCUT2D eigenvalue weighted by Crippen LogP contribution is -2.15. The highest BCUT2D eigenvalue weighted by Crippen LogP contribution is 2.37. The molecule has 0 N–H and O–H groups in total. The van der Waals surface area contributed by atoms with Crippen molar-refractivity contribution in [3.8, 4) is 5.75 Å². The molecule has 0 atom stereocenters. The van der Waals surface area contributed by atoms with Crippen LogP contribution in [-0.2, 0) is 4.74 Å². The molecule has 3 rings (SSSR count). The van der Waals surface area contributed by atoms with E-state index in [1.54, 1.807) is 25.1 Å². The monoisotopic (exact) mass is 435 g/mol. The number of hydrogen-bond donors (Lipinski definition) is 0. The van der Waals surface area contributed by atoms with Crippen LogP contribution in [0.2, 0.25) is 0 Å². The zero-order chi connectivity index (χ0) is 21.7. The number of benzene rings is 2. The Bertz CT molecular complexity index is 1090. The second kappa shape index (κ2) is 9.62. The summed E-state index contributed by atoms with van der Waals surface area (Å²) in [6.07, 6.45) is 0. The molecule has 0 aliphatic rings. The second-order valence-electron chi connectivity index (χ2n) is 5.92. The van der Waals surface area contributed by atoms with Gasteiger partial charge in [-0.3, -0.25) is 4.39 Å². The van der Waals surface area contributed by atoms with Gasteiger partial charge in [-0.2, -0.15) is 0 Å². The van der Waals surface area contributed by atoms with Crippen molar-refractivity contribution >= 4 is 34.6 Å². The van der Waals surface area contributed by atoms with Crippen LogP contribution in [0.15, 0.2) is 47.5 Å². The van der Waals surface area contributed by atoms with Gasteiger partial charge in [0, 0.05) is 17.2 Å². The minimum absolute atomic E-state index is 0.00788. The van der Waals surface area contributed by atoms with E-state index in [-0.39, 0.29) is 45.2 Å². The Kier molecular flexibility index (Phi) is 6.94. The number of aromatic nitrogens is 1. The molecule has 0 amide bonds. The molecule has 1 aromatic heterocycles. The van der Waals surface area contributed by atoms with Crippen molar-refractivity contribution in [3.63, 3.8) is 0 Å². The Balaban J connectivity index is 2.25. The van der Waals surface area contributed by atoms with E-state index in [4.69, 9.17) is 9.47 Å². The highest BCUT2D eigenvalue weighted by Gasteiger charge is 2.27. The van der Waals surface area contributed by atoms with Gasteiger partial charge in [0.2, 0.25) is 0 Å². The molecule has 0 spiro atoms. The van der Waals surface area contributed by atoms with Gasteiger partial charge in [-0.1, -0.05) is 18.2 Å². The topological polar surface area (TPSA) is 65.5 Å². The van der Waals surface area contributed by atoms with E-state index in [1.165, 1.54) is 12.1 Å². The van der Waals surface area contributed by atoms with E-state index < -0.39 is 30.2 Å². The molecule has 0 aliphatic carbocycles. The number of ether oxygens (including phenoxy) is 2. The van der Waals surface area contributed by atoms with Gasteiger partial charge >= 0.3 is 11.9 Å². The van der Waals surface area contributed by atoms with Crippen molar-refractivity contribution in [2.75, 3.05) is 19.0 Å². The molecule has 2 aromatic carbocycles. The fourth-order valence-corrected chi connectivity index (χ4v) is 3.42. The van der Waals surface area contributed by atoms with Gasteiger partial charge in [-0.15, -0.1) is 11.8 Å². The third-order valence-electron chi connectivity index (χ3n) is 3.95. The summed E-state index contributed by atoms with van der Waals surface area (Å²) in [6, 6.07) is 9.53. The first-order valence-corrected chi connectivity index (χ1v) is 9.90. The first kappa shape index (κ1) is 21.6. The van der Waals surface area contributed by atoms with Crippen molar-refractivity contribution in [1.29, 1.82) is 0 Å². The number of halogens is 3. The molecule has 30 heavy (non-hydrogen) atoms. The molecule has 156 valence electrons. The molecule has 5 nitrogen and oxygen atoms in total. The SMILES string of the molecule is CCOC(=O)c1c(SCCF)nc2cc(F)c(F)cc2c1OC(=O)c1ccccc1. The number of pyridine rings is 1. The summed E-state index contributed by atoms with van der Waals surface area (Å²) in [5.74, 6) is -4.46. The molecule has 0 bridgehead atoms. The zero-order valence-electron chi connectivity index (χ0n) is 15.8. The van der Waals surface area contributed by atoms with Gasteiger partial charge in [-0.25, -0.2) is 23.4 Å². The Morgan fingerprint density at radius 1 is 1.07 bits per heavy atom. The predicted octanol–water partition coefficient (Wildman–Crippen LogP) is 4.97. The summed E-state index contributed by atoms with van der Waals surface area (Å²) >= 11 is 0.869. The molecule has 1 heterocycles. The van der Waals surface area contributed by atoms with Crippen LogP contribution in [0.5, 0.6) is 5.75 Å². The van der Waals surface area contributed by atoms with Gasteiger partial charge < -0.3 is 9.47 Å². The average molecular weight is 435 g/mol. The number of carbonyl (C=O) groups is 2.